The minimum absolute atomic E-state index is 0.0356. The summed E-state index contributed by atoms with van der Waals surface area (Å²) in [5.74, 6) is 1.68. The van der Waals surface area contributed by atoms with Crippen molar-refractivity contribution in [3.63, 3.8) is 0 Å². The van der Waals surface area contributed by atoms with Crippen LogP contribution in [0.5, 0.6) is 5.75 Å². The smallest absolute Gasteiger partial charge is 0.243 e. The van der Waals surface area contributed by atoms with Crippen molar-refractivity contribution in [3.8, 4) is 5.75 Å². The van der Waals surface area contributed by atoms with Crippen molar-refractivity contribution in [2.75, 3.05) is 19.4 Å². The van der Waals surface area contributed by atoms with Crippen LogP contribution in [0.2, 0.25) is 0 Å². The van der Waals surface area contributed by atoms with Gasteiger partial charge in [0.1, 0.15) is 11.8 Å². The highest BCUT2D eigenvalue weighted by Crippen LogP contribution is 2.20. The number of hydrogen-bond donors (Lipinski definition) is 1. The first-order valence-corrected chi connectivity index (χ1v) is 14.0. The summed E-state index contributed by atoms with van der Waals surface area (Å²) in [5.41, 5.74) is 4.31. The molecule has 3 aromatic rings. The fourth-order valence-electron chi connectivity index (χ4n) is 4.13. The zero-order chi connectivity index (χ0) is 26.5. The van der Waals surface area contributed by atoms with Crippen LogP contribution in [-0.4, -0.2) is 42.2 Å². The fourth-order valence-corrected chi connectivity index (χ4v) is 5.00. The summed E-state index contributed by atoms with van der Waals surface area (Å²) < 4.78 is 5.24. The number of thioether (sulfide) groups is 1. The molecule has 2 amide bonds. The van der Waals surface area contributed by atoms with Crippen LogP contribution in [0.15, 0.2) is 78.9 Å². The number of rotatable bonds is 14. The Kier molecular flexibility index (Phi) is 11.6. The molecule has 0 radical (unpaired) electrons. The normalized spacial score (nSPS) is 11.5. The number of nitrogens with one attached hydrogen (secondary N) is 1. The molecule has 0 saturated heterocycles. The number of hydrogen-bond acceptors (Lipinski definition) is 4. The molecule has 0 fully saturated rings. The van der Waals surface area contributed by atoms with E-state index >= 15 is 0 Å². The molecule has 0 spiro atoms. The predicted molar refractivity (Wildman–Crippen MR) is 153 cm³/mol. The maximum absolute atomic E-state index is 13.7. The molecular weight excluding hydrogens is 480 g/mol. The predicted octanol–water partition coefficient (Wildman–Crippen LogP) is 5.79. The molecule has 37 heavy (non-hydrogen) atoms. The Morgan fingerprint density at radius 2 is 1.68 bits per heavy atom. The van der Waals surface area contributed by atoms with Crippen LogP contribution in [0.4, 0.5) is 0 Å². The molecule has 0 unspecified atom stereocenters. The van der Waals surface area contributed by atoms with Crippen molar-refractivity contribution in [2.24, 2.45) is 0 Å². The third-order valence-corrected chi connectivity index (χ3v) is 7.18. The van der Waals surface area contributed by atoms with E-state index in [1.165, 1.54) is 0 Å². The van der Waals surface area contributed by atoms with Gasteiger partial charge in [-0.2, -0.15) is 0 Å². The van der Waals surface area contributed by atoms with Gasteiger partial charge in [-0.25, -0.2) is 0 Å². The Morgan fingerprint density at radius 1 is 0.946 bits per heavy atom. The molecule has 0 bridgehead atoms. The van der Waals surface area contributed by atoms with Crippen LogP contribution in [0.3, 0.4) is 0 Å². The zero-order valence-electron chi connectivity index (χ0n) is 22.1. The minimum atomic E-state index is -0.589. The SMILES string of the molecule is CCCCNC(=O)[C@H](Cc1ccccc1)N(Cc1cccc(C)c1)C(=O)CSCc1ccc(OC)cc1. The number of ether oxygens (including phenoxy) is 1. The first kappa shape index (κ1) is 28.3. The number of aryl methyl sites for hydroxylation is 1. The Morgan fingerprint density at radius 3 is 2.35 bits per heavy atom. The summed E-state index contributed by atoms with van der Waals surface area (Å²) >= 11 is 1.56. The van der Waals surface area contributed by atoms with Crippen LogP contribution in [0.25, 0.3) is 0 Å². The number of carbonyl (C=O) groups excluding carboxylic acids is 2. The molecule has 6 heteroatoms. The number of unbranched alkanes of at least 4 members (excludes halogenated alkanes) is 1. The van der Waals surface area contributed by atoms with Crippen LogP contribution >= 0.6 is 11.8 Å². The van der Waals surface area contributed by atoms with Crippen molar-refractivity contribution in [2.45, 2.75) is 51.4 Å². The van der Waals surface area contributed by atoms with Gasteiger partial charge in [-0.1, -0.05) is 85.6 Å². The van der Waals surface area contributed by atoms with E-state index in [0.717, 1.165) is 40.8 Å². The van der Waals surface area contributed by atoms with E-state index in [9.17, 15) is 9.59 Å². The quantitative estimate of drug-likeness (QED) is 0.274. The van der Waals surface area contributed by atoms with Gasteiger partial charge in [0, 0.05) is 25.3 Å². The Hall–Kier alpha value is -3.25. The second-order valence-corrected chi connectivity index (χ2v) is 10.2. The number of benzene rings is 3. The molecule has 0 aliphatic heterocycles. The maximum atomic E-state index is 13.7. The van der Waals surface area contributed by atoms with E-state index in [4.69, 9.17) is 4.74 Å². The van der Waals surface area contributed by atoms with E-state index in [2.05, 4.69) is 18.3 Å². The summed E-state index contributed by atoms with van der Waals surface area (Å²) in [6.45, 7) is 5.14. The second-order valence-electron chi connectivity index (χ2n) is 9.20. The molecule has 196 valence electrons. The molecule has 0 aliphatic rings. The molecule has 1 N–H and O–H groups in total. The first-order valence-electron chi connectivity index (χ1n) is 12.9. The molecule has 0 aliphatic carbocycles. The fraction of sp³-hybridized carbons (Fsp3) is 0.355. The molecule has 0 heterocycles. The topological polar surface area (TPSA) is 58.6 Å². The van der Waals surface area contributed by atoms with E-state index < -0.39 is 6.04 Å². The highest BCUT2D eigenvalue weighted by atomic mass is 32.2. The summed E-state index contributed by atoms with van der Waals surface area (Å²) in [5, 5.41) is 3.08. The van der Waals surface area contributed by atoms with Gasteiger partial charge in [0.15, 0.2) is 0 Å². The first-order chi connectivity index (χ1) is 18.0. The Balaban J connectivity index is 1.81. The standard InChI is InChI=1S/C31H38N2O3S/c1-4-5-18-32-31(35)29(20-25-11-7-6-8-12-25)33(21-27-13-9-10-24(2)19-27)30(34)23-37-22-26-14-16-28(36-3)17-15-26/h6-17,19,29H,4-5,18,20-23H2,1-3H3,(H,32,35)/t29-/m0/s1. The maximum Gasteiger partial charge on any atom is 0.243 e. The Labute approximate surface area is 225 Å². The lowest BCUT2D eigenvalue weighted by molar-refractivity contribution is -0.139. The van der Waals surface area contributed by atoms with Crippen molar-refractivity contribution < 1.29 is 14.3 Å². The number of methoxy groups -OCH3 is 1. The highest BCUT2D eigenvalue weighted by Gasteiger charge is 2.30. The van der Waals surface area contributed by atoms with Crippen molar-refractivity contribution in [1.82, 2.24) is 10.2 Å². The molecule has 5 nitrogen and oxygen atoms in total. The van der Waals surface area contributed by atoms with Gasteiger partial charge in [-0.3, -0.25) is 9.59 Å². The third-order valence-electron chi connectivity index (χ3n) is 6.19. The van der Waals surface area contributed by atoms with Crippen molar-refractivity contribution >= 4 is 23.6 Å². The molecule has 1 atom stereocenters. The van der Waals surface area contributed by atoms with Crippen LogP contribution in [0.1, 0.15) is 42.0 Å². The van der Waals surface area contributed by atoms with Gasteiger partial charge >= 0.3 is 0 Å². The molecule has 3 aromatic carbocycles. The summed E-state index contributed by atoms with van der Waals surface area (Å²) in [6.07, 6.45) is 2.38. The lowest BCUT2D eigenvalue weighted by Crippen LogP contribution is -2.51. The monoisotopic (exact) mass is 518 g/mol. The van der Waals surface area contributed by atoms with Gasteiger partial charge < -0.3 is 15.0 Å². The molecular formula is C31H38N2O3S. The van der Waals surface area contributed by atoms with E-state index in [1.54, 1.807) is 23.8 Å². The van der Waals surface area contributed by atoms with Gasteiger partial charge in [0.25, 0.3) is 0 Å². The Bertz CT molecular complexity index is 1120. The molecule has 0 saturated carbocycles. The zero-order valence-corrected chi connectivity index (χ0v) is 22.9. The van der Waals surface area contributed by atoms with E-state index in [1.807, 2.05) is 79.7 Å². The third kappa shape index (κ3) is 9.29. The molecule has 0 aromatic heterocycles. The highest BCUT2D eigenvalue weighted by molar-refractivity contribution is 7.99. The average Bonchev–Trinajstić information content (AvgIpc) is 2.91. The van der Waals surface area contributed by atoms with Gasteiger partial charge in [-0.15, -0.1) is 11.8 Å². The van der Waals surface area contributed by atoms with Gasteiger partial charge in [-0.05, 0) is 42.2 Å². The van der Waals surface area contributed by atoms with Crippen molar-refractivity contribution in [3.05, 3.63) is 101 Å². The van der Waals surface area contributed by atoms with Crippen LogP contribution in [0, 0.1) is 6.92 Å². The number of nitrogens with zero attached hydrogens (tertiary/aromatic N) is 1. The van der Waals surface area contributed by atoms with Crippen molar-refractivity contribution in [1.29, 1.82) is 0 Å². The second kappa shape index (κ2) is 15.1. The lowest BCUT2D eigenvalue weighted by atomic mass is 10.0. The van der Waals surface area contributed by atoms with E-state index in [0.29, 0.717) is 31.0 Å². The summed E-state index contributed by atoms with van der Waals surface area (Å²) in [4.78, 5) is 28.9. The van der Waals surface area contributed by atoms with Gasteiger partial charge in [0.05, 0.1) is 12.9 Å². The largest absolute Gasteiger partial charge is 0.497 e. The van der Waals surface area contributed by atoms with E-state index in [-0.39, 0.29) is 11.8 Å². The van der Waals surface area contributed by atoms with Gasteiger partial charge in [0.2, 0.25) is 11.8 Å². The van der Waals surface area contributed by atoms with Crippen LogP contribution in [-0.2, 0) is 28.3 Å². The summed E-state index contributed by atoms with van der Waals surface area (Å²) in [7, 11) is 1.65. The number of amides is 2. The average molecular weight is 519 g/mol. The molecule has 3 rings (SSSR count). The lowest BCUT2D eigenvalue weighted by Gasteiger charge is -2.31. The van der Waals surface area contributed by atoms with Crippen LogP contribution < -0.4 is 10.1 Å². The number of carbonyl (C=O) groups is 2. The minimum Gasteiger partial charge on any atom is -0.497 e. The summed E-state index contributed by atoms with van der Waals surface area (Å²) in [6, 6.07) is 25.4.